The summed E-state index contributed by atoms with van der Waals surface area (Å²) in [7, 11) is -3.16. The number of esters is 1. The van der Waals surface area contributed by atoms with Gasteiger partial charge in [0, 0.05) is 19.1 Å². The highest BCUT2D eigenvalue weighted by atomic mass is 32.2. The van der Waals surface area contributed by atoms with Crippen LogP contribution in [0.25, 0.3) is 0 Å². The summed E-state index contributed by atoms with van der Waals surface area (Å²) in [5.74, 6) is 0.607. The summed E-state index contributed by atoms with van der Waals surface area (Å²) in [5, 5.41) is 0. The monoisotopic (exact) mass is 386 g/mol. The van der Waals surface area contributed by atoms with E-state index in [1.807, 2.05) is 37.8 Å². The fourth-order valence-corrected chi connectivity index (χ4v) is 4.26. The molecule has 0 unspecified atom stereocenters. The minimum atomic E-state index is -3.16. The van der Waals surface area contributed by atoms with E-state index in [0.29, 0.717) is 32.5 Å². The molecule has 1 aliphatic heterocycles. The van der Waals surface area contributed by atoms with Crippen molar-refractivity contribution in [2.24, 2.45) is 0 Å². The SMILES string of the molecule is CCS(=O)(=O)N1CCC(N(CC(=O)OC(C)(C)C)Cc2ccco2)CC1. The number of hydrogen-bond donors (Lipinski definition) is 0. The zero-order chi connectivity index (χ0) is 19.4. The smallest absolute Gasteiger partial charge is 0.320 e. The Morgan fingerprint density at radius 3 is 2.50 bits per heavy atom. The van der Waals surface area contributed by atoms with Crippen LogP contribution in [0.15, 0.2) is 22.8 Å². The van der Waals surface area contributed by atoms with Crippen LogP contribution in [-0.4, -0.2) is 60.6 Å². The predicted octanol–water partition coefficient (Wildman–Crippen LogP) is 2.24. The summed E-state index contributed by atoms with van der Waals surface area (Å²) in [6.07, 6.45) is 2.98. The summed E-state index contributed by atoms with van der Waals surface area (Å²) in [4.78, 5) is 14.3. The lowest BCUT2D eigenvalue weighted by atomic mass is 10.0. The number of ether oxygens (including phenoxy) is 1. The maximum Gasteiger partial charge on any atom is 0.320 e. The number of carbonyl (C=O) groups is 1. The highest BCUT2D eigenvalue weighted by Crippen LogP contribution is 2.22. The van der Waals surface area contributed by atoms with Crippen LogP contribution in [0.3, 0.4) is 0 Å². The molecular weight excluding hydrogens is 356 g/mol. The Hall–Kier alpha value is -1.38. The fourth-order valence-electron chi connectivity index (χ4n) is 3.12. The largest absolute Gasteiger partial charge is 0.468 e. The van der Waals surface area contributed by atoms with E-state index in [2.05, 4.69) is 0 Å². The van der Waals surface area contributed by atoms with E-state index in [0.717, 1.165) is 5.76 Å². The first-order valence-electron chi connectivity index (χ1n) is 9.07. The third-order valence-corrected chi connectivity index (χ3v) is 6.27. The number of carbonyl (C=O) groups excluding carboxylic acids is 1. The van der Waals surface area contributed by atoms with Crippen molar-refractivity contribution in [3.05, 3.63) is 24.2 Å². The lowest BCUT2D eigenvalue weighted by molar-refractivity contribution is -0.157. The van der Waals surface area contributed by atoms with Crippen molar-refractivity contribution < 1.29 is 22.4 Å². The Morgan fingerprint density at radius 1 is 1.35 bits per heavy atom. The van der Waals surface area contributed by atoms with Gasteiger partial charge in [-0.2, -0.15) is 0 Å². The van der Waals surface area contributed by atoms with Gasteiger partial charge in [-0.15, -0.1) is 0 Å². The standard InChI is InChI=1S/C18H30N2O5S/c1-5-26(22,23)20-10-8-15(9-11-20)19(13-16-7-6-12-24-16)14-17(21)25-18(2,3)4/h6-7,12,15H,5,8-11,13-14H2,1-4H3. The molecule has 148 valence electrons. The molecule has 0 spiro atoms. The normalized spacial score (nSPS) is 17.6. The number of furan rings is 1. The van der Waals surface area contributed by atoms with Gasteiger partial charge in [-0.3, -0.25) is 9.69 Å². The molecule has 1 aromatic heterocycles. The van der Waals surface area contributed by atoms with Crippen molar-refractivity contribution >= 4 is 16.0 Å². The molecule has 1 saturated heterocycles. The quantitative estimate of drug-likeness (QED) is 0.669. The van der Waals surface area contributed by atoms with E-state index in [1.54, 1.807) is 17.5 Å². The van der Waals surface area contributed by atoms with Gasteiger partial charge in [0.2, 0.25) is 10.0 Å². The second kappa shape index (κ2) is 8.54. The number of hydrogen-bond acceptors (Lipinski definition) is 6. The predicted molar refractivity (Wildman–Crippen MR) is 99.0 cm³/mol. The van der Waals surface area contributed by atoms with Crippen molar-refractivity contribution in [3.8, 4) is 0 Å². The minimum Gasteiger partial charge on any atom is -0.468 e. The first-order chi connectivity index (χ1) is 12.1. The van der Waals surface area contributed by atoms with Crippen LogP contribution < -0.4 is 0 Å². The minimum absolute atomic E-state index is 0.107. The molecule has 1 aromatic rings. The molecule has 0 aliphatic carbocycles. The second-order valence-corrected chi connectivity index (χ2v) is 9.86. The molecule has 1 aliphatic rings. The molecule has 7 nitrogen and oxygen atoms in total. The topological polar surface area (TPSA) is 80.1 Å². The van der Waals surface area contributed by atoms with E-state index >= 15 is 0 Å². The molecule has 0 aromatic carbocycles. The zero-order valence-electron chi connectivity index (χ0n) is 16.1. The van der Waals surface area contributed by atoms with E-state index in [1.165, 1.54) is 0 Å². The van der Waals surface area contributed by atoms with E-state index < -0.39 is 15.6 Å². The van der Waals surface area contributed by atoms with Crippen molar-refractivity contribution in [1.82, 2.24) is 9.21 Å². The molecule has 0 saturated carbocycles. The van der Waals surface area contributed by atoms with Crippen LogP contribution >= 0.6 is 0 Å². The highest BCUT2D eigenvalue weighted by molar-refractivity contribution is 7.89. The lowest BCUT2D eigenvalue weighted by Crippen LogP contribution is -2.48. The summed E-state index contributed by atoms with van der Waals surface area (Å²) in [5.41, 5.74) is -0.536. The van der Waals surface area contributed by atoms with Crippen LogP contribution in [-0.2, 0) is 26.1 Å². The van der Waals surface area contributed by atoms with Gasteiger partial charge in [0.25, 0.3) is 0 Å². The van der Waals surface area contributed by atoms with Gasteiger partial charge in [-0.25, -0.2) is 12.7 Å². The number of sulfonamides is 1. The third kappa shape index (κ3) is 6.10. The van der Waals surface area contributed by atoms with Crippen molar-refractivity contribution in [1.29, 1.82) is 0 Å². The first-order valence-corrected chi connectivity index (χ1v) is 10.7. The number of nitrogens with zero attached hydrogens (tertiary/aromatic N) is 2. The van der Waals surface area contributed by atoms with Crippen LogP contribution in [0.2, 0.25) is 0 Å². The molecule has 0 radical (unpaired) electrons. The molecule has 0 bridgehead atoms. The summed E-state index contributed by atoms with van der Waals surface area (Å²) in [6.45, 7) is 8.79. The average Bonchev–Trinajstić information content (AvgIpc) is 3.05. The molecule has 0 amide bonds. The number of rotatable bonds is 7. The summed E-state index contributed by atoms with van der Waals surface area (Å²) >= 11 is 0. The lowest BCUT2D eigenvalue weighted by Gasteiger charge is -2.37. The first kappa shape index (κ1) is 20.9. The van der Waals surface area contributed by atoms with Crippen molar-refractivity contribution in [2.45, 2.75) is 58.7 Å². The Kier molecular flexibility index (Phi) is 6.87. The van der Waals surface area contributed by atoms with E-state index in [-0.39, 0.29) is 24.3 Å². The van der Waals surface area contributed by atoms with E-state index in [9.17, 15) is 13.2 Å². The summed E-state index contributed by atoms with van der Waals surface area (Å²) < 4.78 is 36.5. The van der Waals surface area contributed by atoms with Gasteiger partial charge in [0.05, 0.1) is 25.1 Å². The Labute approximate surface area is 156 Å². The maximum atomic E-state index is 12.3. The van der Waals surface area contributed by atoms with Crippen LogP contribution in [0.5, 0.6) is 0 Å². The Balaban J connectivity index is 2.03. The van der Waals surface area contributed by atoms with Crippen LogP contribution in [0.1, 0.15) is 46.3 Å². The van der Waals surface area contributed by atoms with Gasteiger partial charge in [0.1, 0.15) is 11.4 Å². The molecule has 2 rings (SSSR count). The van der Waals surface area contributed by atoms with Gasteiger partial charge in [-0.05, 0) is 52.7 Å². The van der Waals surface area contributed by atoms with Gasteiger partial charge < -0.3 is 9.15 Å². The number of piperidine rings is 1. The summed E-state index contributed by atoms with van der Waals surface area (Å²) in [6, 6.07) is 3.80. The second-order valence-electron chi connectivity index (χ2n) is 7.60. The van der Waals surface area contributed by atoms with Gasteiger partial charge in [0.15, 0.2) is 0 Å². The molecule has 0 N–H and O–H groups in total. The van der Waals surface area contributed by atoms with Crippen LogP contribution in [0.4, 0.5) is 0 Å². The van der Waals surface area contributed by atoms with E-state index in [4.69, 9.17) is 9.15 Å². The van der Waals surface area contributed by atoms with Crippen molar-refractivity contribution in [2.75, 3.05) is 25.4 Å². The van der Waals surface area contributed by atoms with Crippen LogP contribution in [0, 0.1) is 0 Å². The Morgan fingerprint density at radius 2 is 2.00 bits per heavy atom. The van der Waals surface area contributed by atoms with Gasteiger partial charge >= 0.3 is 5.97 Å². The molecule has 8 heteroatoms. The maximum absolute atomic E-state index is 12.3. The van der Waals surface area contributed by atoms with Crippen molar-refractivity contribution in [3.63, 3.8) is 0 Å². The average molecular weight is 387 g/mol. The van der Waals surface area contributed by atoms with Gasteiger partial charge in [-0.1, -0.05) is 0 Å². The molecule has 26 heavy (non-hydrogen) atoms. The Bertz CT molecular complexity index is 671. The third-order valence-electron chi connectivity index (χ3n) is 4.39. The molecule has 0 atom stereocenters. The molecule has 2 heterocycles. The molecular formula is C18H30N2O5S. The highest BCUT2D eigenvalue weighted by Gasteiger charge is 2.31. The fraction of sp³-hybridized carbons (Fsp3) is 0.722. The molecule has 1 fully saturated rings. The zero-order valence-corrected chi connectivity index (χ0v) is 16.9.